The highest BCUT2D eigenvalue weighted by atomic mass is 19.1. The van der Waals surface area contributed by atoms with Crippen molar-refractivity contribution in [2.24, 2.45) is 0 Å². The number of benzene rings is 2. The van der Waals surface area contributed by atoms with Crippen LogP contribution in [0, 0.1) is 5.82 Å². The van der Waals surface area contributed by atoms with Crippen molar-refractivity contribution in [2.45, 2.75) is 25.4 Å². The predicted molar refractivity (Wildman–Crippen MR) is 131 cm³/mol. The van der Waals surface area contributed by atoms with Crippen LogP contribution in [0.1, 0.15) is 28.8 Å². The lowest BCUT2D eigenvalue weighted by Gasteiger charge is -2.23. The molecule has 1 aliphatic rings. The van der Waals surface area contributed by atoms with Crippen LogP contribution in [0.2, 0.25) is 0 Å². The second-order valence-corrected chi connectivity index (χ2v) is 8.34. The quantitative estimate of drug-likeness (QED) is 0.287. The number of anilines is 3. The number of rotatable bonds is 7. The Morgan fingerprint density at radius 2 is 2.03 bits per heavy atom. The highest BCUT2D eigenvalue weighted by Crippen LogP contribution is 2.24. The Morgan fingerprint density at radius 1 is 1.12 bits per heavy atom. The molecule has 1 atom stereocenters. The van der Waals surface area contributed by atoms with Crippen molar-refractivity contribution in [3.05, 3.63) is 77.7 Å². The lowest BCUT2D eigenvalue weighted by molar-refractivity contribution is 0.0930. The number of aromatic nitrogens is 3. The molecule has 0 bridgehead atoms. The number of aromatic amines is 1. The predicted octanol–water partition coefficient (Wildman–Crippen LogP) is 3.93. The number of nitrogens with one attached hydrogen (secondary N) is 5. The van der Waals surface area contributed by atoms with E-state index in [1.807, 2.05) is 24.3 Å². The molecule has 0 saturated carbocycles. The highest BCUT2D eigenvalue weighted by Gasteiger charge is 2.17. The number of hydrogen-bond acceptors (Lipinski definition) is 6. The molecule has 1 aliphatic heterocycles. The van der Waals surface area contributed by atoms with E-state index >= 15 is 0 Å². The Morgan fingerprint density at radius 3 is 2.88 bits per heavy atom. The smallest absolute Gasteiger partial charge is 0.251 e. The number of hydrogen-bond donors (Lipinski definition) is 5. The molecule has 0 radical (unpaired) electrons. The standard InChI is InChI=1S/C25H26FN7O/c26-18-6-1-4-16(12-18)14-29-23-21-9-11-28-22(21)32-25(33-23)31-19-7-2-5-17(13-19)24(34)30-20-8-3-10-27-15-20/h1-2,4-7,9,11-13,20,27H,3,8,10,14-15H2,(H,30,34)(H3,28,29,31,32,33). The zero-order chi connectivity index (χ0) is 23.3. The average molecular weight is 460 g/mol. The minimum Gasteiger partial charge on any atom is -0.365 e. The molecule has 2 aromatic heterocycles. The number of amides is 1. The van der Waals surface area contributed by atoms with Gasteiger partial charge in [-0.2, -0.15) is 9.97 Å². The largest absolute Gasteiger partial charge is 0.365 e. The average Bonchev–Trinajstić information content (AvgIpc) is 3.32. The van der Waals surface area contributed by atoms with E-state index in [1.165, 1.54) is 12.1 Å². The number of H-pyrrole nitrogens is 1. The summed E-state index contributed by atoms with van der Waals surface area (Å²) < 4.78 is 13.5. The van der Waals surface area contributed by atoms with E-state index < -0.39 is 0 Å². The maximum atomic E-state index is 13.5. The SMILES string of the molecule is O=C(NC1CCCNC1)c1cccc(Nc2nc(NCc3cccc(F)c3)c3cc[nH]c3n2)c1. The second-order valence-electron chi connectivity index (χ2n) is 8.34. The molecule has 174 valence electrons. The fourth-order valence-electron chi connectivity index (χ4n) is 4.08. The van der Waals surface area contributed by atoms with Crippen molar-refractivity contribution in [1.82, 2.24) is 25.6 Å². The number of halogens is 1. The molecule has 1 unspecified atom stereocenters. The van der Waals surface area contributed by atoms with Gasteiger partial charge in [0.2, 0.25) is 5.95 Å². The van der Waals surface area contributed by atoms with E-state index in [9.17, 15) is 9.18 Å². The van der Waals surface area contributed by atoms with Gasteiger partial charge in [-0.05, 0) is 61.3 Å². The number of carbonyl (C=O) groups is 1. The summed E-state index contributed by atoms with van der Waals surface area (Å²) in [6, 6.07) is 15.7. The van der Waals surface area contributed by atoms with Gasteiger partial charge in [-0.25, -0.2) is 4.39 Å². The van der Waals surface area contributed by atoms with Crippen LogP contribution in [0.5, 0.6) is 0 Å². The molecular weight excluding hydrogens is 433 g/mol. The normalized spacial score (nSPS) is 15.7. The molecule has 4 aromatic rings. The number of nitrogens with zero attached hydrogens (tertiary/aromatic N) is 2. The van der Waals surface area contributed by atoms with Crippen LogP contribution >= 0.6 is 0 Å². The van der Waals surface area contributed by atoms with E-state index in [-0.39, 0.29) is 17.8 Å². The van der Waals surface area contributed by atoms with Gasteiger partial charge in [-0.3, -0.25) is 4.79 Å². The summed E-state index contributed by atoms with van der Waals surface area (Å²) in [5.74, 6) is 0.623. The van der Waals surface area contributed by atoms with Gasteiger partial charge in [0.25, 0.3) is 5.91 Å². The van der Waals surface area contributed by atoms with Crippen LogP contribution in [0.4, 0.5) is 21.8 Å². The molecule has 0 spiro atoms. The van der Waals surface area contributed by atoms with Crippen LogP contribution in [0.15, 0.2) is 60.8 Å². The van der Waals surface area contributed by atoms with Crippen LogP contribution in [-0.4, -0.2) is 40.0 Å². The second kappa shape index (κ2) is 9.88. The van der Waals surface area contributed by atoms with E-state index in [1.54, 1.807) is 24.4 Å². The summed E-state index contributed by atoms with van der Waals surface area (Å²) in [4.78, 5) is 25.0. The molecule has 8 nitrogen and oxygen atoms in total. The molecule has 5 N–H and O–H groups in total. The number of carbonyl (C=O) groups excluding carboxylic acids is 1. The third kappa shape index (κ3) is 5.15. The van der Waals surface area contributed by atoms with E-state index in [2.05, 4.69) is 36.2 Å². The fraction of sp³-hybridized carbons (Fsp3) is 0.240. The summed E-state index contributed by atoms with van der Waals surface area (Å²) in [6.07, 6.45) is 3.83. The molecule has 1 saturated heterocycles. The van der Waals surface area contributed by atoms with Crippen molar-refractivity contribution >= 4 is 34.4 Å². The Balaban J connectivity index is 1.32. The molecule has 1 amide bonds. The summed E-state index contributed by atoms with van der Waals surface area (Å²) in [5.41, 5.74) is 2.75. The molecule has 1 fully saturated rings. The fourth-order valence-corrected chi connectivity index (χ4v) is 4.08. The highest BCUT2D eigenvalue weighted by molar-refractivity contribution is 5.95. The van der Waals surface area contributed by atoms with Crippen LogP contribution in [0.25, 0.3) is 11.0 Å². The van der Waals surface area contributed by atoms with E-state index in [4.69, 9.17) is 0 Å². The Hall–Kier alpha value is -3.98. The third-order valence-electron chi connectivity index (χ3n) is 5.78. The summed E-state index contributed by atoms with van der Waals surface area (Å²) in [6.45, 7) is 2.20. The minimum atomic E-state index is -0.278. The molecule has 0 aliphatic carbocycles. The molecular formula is C25H26FN7O. The lowest BCUT2D eigenvalue weighted by atomic mass is 10.1. The Bertz CT molecular complexity index is 1300. The van der Waals surface area contributed by atoms with Crippen molar-refractivity contribution in [2.75, 3.05) is 23.7 Å². The molecule has 9 heteroatoms. The molecule has 3 heterocycles. The number of piperidine rings is 1. The molecule has 5 rings (SSSR count). The molecule has 34 heavy (non-hydrogen) atoms. The van der Waals surface area contributed by atoms with E-state index in [0.29, 0.717) is 35.2 Å². The first-order chi connectivity index (χ1) is 16.6. The maximum Gasteiger partial charge on any atom is 0.251 e. The first-order valence-corrected chi connectivity index (χ1v) is 11.4. The van der Waals surface area contributed by atoms with Gasteiger partial charge in [0.15, 0.2) is 0 Å². The van der Waals surface area contributed by atoms with Crippen LogP contribution < -0.4 is 21.3 Å². The summed E-state index contributed by atoms with van der Waals surface area (Å²) in [5, 5.41) is 13.7. The first kappa shape index (κ1) is 21.8. The summed E-state index contributed by atoms with van der Waals surface area (Å²) >= 11 is 0. The van der Waals surface area contributed by atoms with Crippen molar-refractivity contribution in [3.8, 4) is 0 Å². The molecule has 2 aromatic carbocycles. The van der Waals surface area contributed by atoms with Crippen LogP contribution in [0.3, 0.4) is 0 Å². The Kier molecular flexibility index (Phi) is 6.35. The third-order valence-corrected chi connectivity index (χ3v) is 5.78. The Labute approximate surface area is 196 Å². The zero-order valence-corrected chi connectivity index (χ0v) is 18.6. The van der Waals surface area contributed by atoms with Crippen LogP contribution in [-0.2, 0) is 6.54 Å². The van der Waals surface area contributed by atoms with Gasteiger partial charge in [-0.15, -0.1) is 0 Å². The first-order valence-electron chi connectivity index (χ1n) is 11.4. The lowest BCUT2D eigenvalue weighted by Crippen LogP contribution is -2.45. The van der Waals surface area contributed by atoms with E-state index in [0.717, 1.165) is 36.9 Å². The van der Waals surface area contributed by atoms with Gasteiger partial charge in [0, 0.05) is 36.6 Å². The van der Waals surface area contributed by atoms with Gasteiger partial charge < -0.3 is 26.3 Å². The maximum absolute atomic E-state index is 13.5. The van der Waals surface area contributed by atoms with Gasteiger partial charge in [0.05, 0.1) is 5.39 Å². The number of fused-ring (bicyclic) bond motifs is 1. The van der Waals surface area contributed by atoms with Gasteiger partial charge >= 0.3 is 0 Å². The van der Waals surface area contributed by atoms with Gasteiger partial charge in [-0.1, -0.05) is 18.2 Å². The van der Waals surface area contributed by atoms with Crippen molar-refractivity contribution < 1.29 is 9.18 Å². The summed E-state index contributed by atoms with van der Waals surface area (Å²) in [7, 11) is 0. The monoisotopic (exact) mass is 459 g/mol. The topological polar surface area (TPSA) is 107 Å². The van der Waals surface area contributed by atoms with Gasteiger partial charge in [0.1, 0.15) is 17.3 Å². The minimum absolute atomic E-state index is 0.101. The van der Waals surface area contributed by atoms with Crippen molar-refractivity contribution in [3.63, 3.8) is 0 Å². The van der Waals surface area contributed by atoms with Crippen molar-refractivity contribution in [1.29, 1.82) is 0 Å². The zero-order valence-electron chi connectivity index (χ0n) is 18.6.